The van der Waals surface area contributed by atoms with Crippen molar-refractivity contribution in [3.63, 3.8) is 0 Å². The number of fused-ring (bicyclic) bond motifs is 1. The number of hydrogen-bond donors (Lipinski definition) is 0. The van der Waals surface area contributed by atoms with Crippen molar-refractivity contribution in [3.05, 3.63) is 101 Å². The van der Waals surface area contributed by atoms with Gasteiger partial charge >= 0.3 is 6.18 Å². The van der Waals surface area contributed by atoms with E-state index in [1.54, 1.807) is 41.1 Å². The minimum Gasteiger partial charge on any atom is -0.491 e. The molecule has 194 valence electrons. The smallest absolute Gasteiger partial charge is 0.416 e. The Bertz CT molecular complexity index is 1210. The predicted molar refractivity (Wildman–Crippen MR) is 135 cm³/mol. The Labute approximate surface area is 214 Å². The van der Waals surface area contributed by atoms with Crippen LogP contribution in [-0.4, -0.2) is 54.4 Å². The summed E-state index contributed by atoms with van der Waals surface area (Å²) >= 11 is 0. The Morgan fingerprint density at radius 3 is 2.27 bits per heavy atom. The fourth-order valence-electron chi connectivity index (χ4n) is 4.46. The second-order valence-corrected chi connectivity index (χ2v) is 9.16. The predicted octanol–water partition coefficient (Wildman–Crippen LogP) is 5.70. The molecule has 2 amide bonds. The van der Waals surface area contributed by atoms with Crippen molar-refractivity contribution in [3.8, 4) is 5.75 Å². The van der Waals surface area contributed by atoms with Crippen molar-refractivity contribution < 1.29 is 27.5 Å². The van der Waals surface area contributed by atoms with Crippen molar-refractivity contribution in [1.29, 1.82) is 0 Å². The highest BCUT2D eigenvalue weighted by molar-refractivity contribution is 5.97. The minimum atomic E-state index is -4.48. The Morgan fingerprint density at radius 1 is 0.919 bits per heavy atom. The van der Waals surface area contributed by atoms with Gasteiger partial charge in [-0.25, -0.2) is 0 Å². The molecule has 0 N–H and O–H groups in total. The standard InChI is InChI=1S/C29H29F3N2O3/c1-33-17-7-8-18-34(27(35)22-13-15-23(16-14-22)29(30,31)32)24(19-21-9-3-2-4-10-21)20-37-26-12-6-5-11-25(26)28(33)36/h2-6,9-16,24H,7-8,17-20H2,1H3/t24-/m1/s1. The number of benzene rings is 3. The van der Waals surface area contributed by atoms with Gasteiger partial charge in [0.25, 0.3) is 11.8 Å². The summed E-state index contributed by atoms with van der Waals surface area (Å²) < 4.78 is 45.4. The fraction of sp³-hybridized carbons (Fsp3) is 0.310. The third-order valence-corrected chi connectivity index (χ3v) is 6.51. The number of amides is 2. The highest BCUT2D eigenvalue weighted by atomic mass is 19.4. The molecule has 0 saturated heterocycles. The molecular weight excluding hydrogens is 481 g/mol. The lowest BCUT2D eigenvalue weighted by Crippen LogP contribution is -2.46. The number of rotatable bonds is 3. The van der Waals surface area contributed by atoms with Gasteiger partial charge in [0.2, 0.25) is 0 Å². The first kappa shape index (κ1) is 26.3. The molecule has 0 unspecified atom stereocenters. The third kappa shape index (κ3) is 6.50. The number of para-hydroxylation sites is 1. The Kier molecular flexibility index (Phi) is 8.16. The van der Waals surface area contributed by atoms with Gasteiger partial charge in [-0.2, -0.15) is 13.2 Å². The van der Waals surface area contributed by atoms with E-state index in [9.17, 15) is 22.8 Å². The van der Waals surface area contributed by atoms with Gasteiger partial charge in [0.15, 0.2) is 0 Å². The molecule has 1 aliphatic heterocycles. The van der Waals surface area contributed by atoms with Crippen LogP contribution in [0.3, 0.4) is 0 Å². The lowest BCUT2D eigenvalue weighted by Gasteiger charge is -2.33. The first-order valence-electron chi connectivity index (χ1n) is 12.2. The highest BCUT2D eigenvalue weighted by Gasteiger charge is 2.31. The average Bonchev–Trinajstić information content (AvgIpc) is 2.90. The van der Waals surface area contributed by atoms with E-state index in [-0.39, 0.29) is 24.0 Å². The highest BCUT2D eigenvalue weighted by Crippen LogP contribution is 2.29. The monoisotopic (exact) mass is 510 g/mol. The zero-order chi connectivity index (χ0) is 26.4. The first-order valence-corrected chi connectivity index (χ1v) is 12.2. The van der Waals surface area contributed by atoms with Gasteiger partial charge in [0.05, 0.1) is 17.2 Å². The van der Waals surface area contributed by atoms with Crippen molar-refractivity contribution in [2.75, 3.05) is 26.7 Å². The van der Waals surface area contributed by atoms with Gasteiger partial charge in [0.1, 0.15) is 12.4 Å². The molecule has 1 aliphatic rings. The van der Waals surface area contributed by atoms with E-state index in [1.807, 2.05) is 30.3 Å². The van der Waals surface area contributed by atoms with E-state index < -0.39 is 17.8 Å². The third-order valence-electron chi connectivity index (χ3n) is 6.51. The maximum absolute atomic E-state index is 13.7. The number of ether oxygens (including phenoxy) is 1. The summed E-state index contributed by atoms with van der Waals surface area (Å²) in [6, 6.07) is 20.6. The largest absolute Gasteiger partial charge is 0.491 e. The van der Waals surface area contributed by atoms with Crippen molar-refractivity contribution >= 4 is 11.8 Å². The van der Waals surface area contributed by atoms with Gasteiger partial charge in [0, 0.05) is 25.7 Å². The van der Waals surface area contributed by atoms with Gasteiger partial charge in [-0.05, 0) is 61.2 Å². The molecule has 0 radical (unpaired) electrons. The van der Waals surface area contributed by atoms with Crippen molar-refractivity contribution in [2.45, 2.75) is 31.5 Å². The lowest BCUT2D eigenvalue weighted by molar-refractivity contribution is -0.137. The molecule has 5 nitrogen and oxygen atoms in total. The molecule has 3 aromatic rings. The van der Waals surface area contributed by atoms with Crippen LogP contribution in [0.5, 0.6) is 5.75 Å². The SMILES string of the molecule is CN1CCCCN(C(=O)c2ccc(C(F)(F)F)cc2)[C@H](Cc2ccccc2)COc2ccccc2C1=O. The Balaban J connectivity index is 1.68. The molecule has 0 spiro atoms. The van der Waals surface area contributed by atoms with Crippen LogP contribution in [-0.2, 0) is 12.6 Å². The summed E-state index contributed by atoms with van der Waals surface area (Å²) in [7, 11) is 1.73. The van der Waals surface area contributed by atoms with Crippen molar-refractivity contribution in [1.82, 2.24) is 9.80 Å². The second-order valence-electron chi connectivity index (χ2n) is 9.16. The van der Waals surface area contributed by atoms with E-state index >= 15 is 0 Å². The summed E-state index contributed by atoms with van der Waals surface area (Å²) in [4.78, 5) is 30.0. The number of alkyl halides is 3. The molecular formula is C29H29F3N2O3. The van der Waals surface area contributed by atoms with Crippen molar-refractivity contribution in [2.24, 2.45) is 0 Å². The van der Waals surface area contributed by atoms with E-state index in [1.165, 1.54) is 12.1 Å². The van der Waals surface area contributed by atoms with Crippen LogP contribution in [0.15, 0.2) is 78.9 Å². The van der Waals surface area contributed by atoms with Gasteiger partial charge in [-0.15, -0.1) is 0 Å². The zero-order valence-electron chi connectivity index (χ0n) is 20.6. The topological polar surface area (TPSA) is 49.9 Å². The fourth-order valence-corrected chi connectivity index (χ4v) is 4.46. The lowest BCUT2D eigenvalue weighted by atomic mass is 10.0. The summed E-state index contributed by atoms with van der Waals surface area (Å²) in [5.74, 6) is -0.0542. The molecule has 37 heavy (non-hydrogen) atoms. The van der Waals surface area contributed by atoms with Crippen LogP contribution < -0.4 is 4.74 Å². The average molecular weight is 511 g/mol. The van der Waals surface area contributed by atoms with Crippen LogP contribution in [0.1, 0.15) is 44.7 Å². The molecule has 1 atom stereocenters. The van der Waals surface area contributed by atoms with Crippen LogP contribution in [0.2, 0.25) is 0 Å². The maximum atomic E-state index is 13.7. The van der Waals surface area contributed by atoms with Crippen LogP contribution in [0.4, 0.5) is 13.2 Å². The van der Waals surface area contributed by atoms with E-state index in [2.05, 4.69) is 0 Å². The molecule has 0 aliphatic carbocycles. The van der Waals surface area contributed by atoms with Gasteiger partial charge in [-0.1, -0.05) is 42.5 Å². The number of halogens is 3. The Morgan fingerprint density at radius 2 is 1.57 bits per heavy atom. The number of carbonyl (C=O) groups excluding carboxylic acids is 2. The van der Waals surface area contributed by atoms with Crippen LogP contribution >= 0.6 is 0 Å². The minimum absolute atomic E-state index is 0.120. The molecule has 1 heterocycles. The molecule has 0 bridgehead atoms. The van der Waals surface area contributed by atoms with E-state index in [0.29, 0.717) is 43.7 Å². The van der Waals surface area contributed by atoms with E-state index in [4.69, 9.17) is 4.74 Å². The normalized spacial score (nSPS) is 17.3. The summed E-state index contributed by atoms with van der Waals surface area (Å²) in [5, 5.41) is 0. The summed E-state index contributed by atoms with van der Waals surface area (Å²) in [5.41, 5.74) is 0.833. The number of carbonyl (C=O) groups is 2. The zero-order valence-corrected chi connectivity index (χ0v) is 20.6. The van der Waals surface area contributed by atoms with E-state index in [0.717, 1.165) is 17.7 Å². The second kappa shape index (κ2) is 11.5. The van der Waals surface area contributed by atoms with Gasteiger partial charge in [-0.3, -0.25) is 9.59 Å². The number of nitrogens with zero attached hydrogens (tertiary/aromatic N) is 2. The molecule has 3 aromatic carbocycles. The van der Waals surface area contributed by atoms with Gasteiger partial charge < -0.3 is 14.5 Å². The molecule has 4 rings (SSSR count). The molecule has 0 saturated carbocycles. The molecule has 0 aromatic heterocycles. The number of hydrogen-bond acceptors (Lipinski definition) is 3. The summed E-state index contributed by atoms with van der Waals surface area (Å²) in [6.45, 7) is 0.999. The van der Waals surface area contributed by atoms with Crippen LogP contribution in [0.25, 0.3) is 0 Å². The Hall–Kier alpha value is -3.81. The van der Waals surface area contributed by atoms with Crippen LogP contribution in [0, 0.1) is 0 Å². The molecule has 0 fully saturated rings. The quantitative estimate of drug-likeness (QED) is 0.454. The summed E-state index contributed by atoms with van der Waals surface area (Å²) in [6.07, 6.45) is -2.70. The maximum Gasteiger partial charge on any atom is 0.416 e. The first-order chi connectivity index (χ1) is 17.7. The molecule has 8 heteroatoms.